The van der Waals surface area contributed by atoms with E-state index in [1.54, 1.807) is 0 Å². The number of amides is 2. The SMILES string of the molecule is Cc1ccc(C2=C(Nc3cccc(C)c3C)C(=O)N(CCN3CCOCC3)C2=O)cc1. The number of benzene rings is 2. The standard InChI is InChI=1S/C25H29N3O3/c1-17-7-9-20(10-8-17)22-23(26-21-6-4-5-18(2)19(21)3)25(30)28(24(22)29)12-11-27-13-15-31-16-14-27/h4-10,26H,11-16H2,1-3H3. The number of ether oxygens (including phenoxy) is 1. The summed E-state index contributed by atoms with van der Waals surface area (Å²) in [6.07, 6.45) is 0. The molecule has 31 heavy (non-hydrogen) atoms. The molecule has 2 aliphatic rings. The fraction of sp³-hybridized carbons (Fsp3) is 0.360. The highest BCUT2D eigenvalue weighted by Gasteiger charge is 2.39. The molecule has 2 aromatic carbocycles. The molecule has 6 heteroatoms. The van der Waals surface area contributed by atoms with E-state index in [0.717, 1.165) is 41.0 Å². The van der Waals surface area contributed by atoms with Gasteiger partial charge in [-0.2, -0.15) is 0 Å². The van der Waals surface area contributed by atoms with Gasteiger partial charge in [-0.1, -0.05) is 42.0 Å². The number of aryl methyl sites for hydroxylation is 2. The fourth-order valence-corrected chi connectivity index (χ4v) is 3.97. The molecule has 2 aromatic rings. The summed E-state index contributed by atoms with van der Waals surface area (Å²) in [7, 11) is 0. The van der Waals surface area contributed by atoms with Crippen LogP contribution in [0, 0.1) is 20.8 Å². The average molecular weight is 420 g/mol. The molecule has 1 fully saturated rings. The molecule has 2 amide bonds. The van der Waals surface area contributed by atoms with E-state index in [1.807, 2.05) is 63.2 Å². The van der Waals surface area contributed by atoms with E-state index in [-0.39, 0.29) is 11.8 Å². The quantitative estimate of drug-likeness (QED) is 0.729. The minimum Gasteiger partial charge on any atom is -0.379 e. The van der Waals surface area contributed by atoms with Crippen LogP contribution in [0.5, 0.6) is 0 Å². The van der Waals surface area contributed by atoms with Crippen LogP contribution in [0.1, 0.15) is 22.3 Å². The molecule has 0 radical (unpaired) electrons. The molecule has 0 spiro atoms. The van der Waals surface area contributed by atoms with E-state index in [1.165, 1.54) is 4.90 Å². The molecule has 0 atom stereocenters. The largest absolute Gasteiger partial charge is 0.379 e. The summed E-state index contributed by atoms with van der Waals surface area (Å²) in [6, 6.07) is 13.7. The monoisotopic (exact) mass is 419 g/mol. The van der Waals surface area contributed by atoms with Gasteiger partial charge in [0.1, 0.15) is 5.70 Å². The first-order valence-electron chi connectivity index (χ1n) is 10.8. The summed E-state index contributed by atoms with van der Waals surface area (Å²) < 4.78 is 5.40. The minimum absolute atomic E-state index is 0.241. The van der Waals surface area contributed by atoms with Crippen molar-refractivity contribution in [2.24, 2.45) is 0 Å². The zero-order valence-electron chi connectivity index (χ0n) is 18.4. The van der Waals surface area contributed by atoms with Crippen molar-refractivity contribution in [3.8, 4) is 0 Å². The number of nitrogens with one attached hydrogen (secondary N) is 1. The van der Waals surface area contributed by atoms with Crippen molar-refractivity contribution in [1.82, 2.24) is 9.80 Å². The Morgan fingerprint density at radius 1 is 0.903 bits per heavy atom. The van der Waals surface area contributed by atoms with E-state index in [2.05, 4.69) is 10.2 Å². The molecule has 1 N–H and O–H groups in total. The van der Waals surface area contributed by atoms with Crippen LogP contribution < -0.4 is 5.32 Å². The maximum Gasteiger partial charge on any atom is 0.278 e. The summed E-state index contributed by atoms with van der Waals surface area (Å²) in [5.74, 6) is -0.510. The van der Waals surface area contributed by atoms with Crippen LogP contribution in [0.2, 0.25) is 0 Å². The Bertz CT molecular complexity index is 1020. The smallest absolute Gasteiger partial charge is 0.278 e. The number of anilines is 1. The van der Waals surface area contributed by atoms with Crippen molar-refractivity contribution in [3.05, 3.63) is 70.4 Å². The molecule has 1 saturated heterocycles. The van der Waals surface area contributed by atoms with Gasteiger partial charge < -0.3 is 10.1 Å². The number of rotatable bonds is 6. The summed E-state index contributed by atoms with van der Waals surface area (Å²) in [6.45, 7) is 10.1. The third kappa shape index (κ3) is 4.40. The van der Waals surface area contributed by atoms with Crippen molar-refractivity contribution in [3.63, 3.8) is 0 Å². The number of morpholine rings is 1. The summed E-state index contributed by atoms with van der Waals surface area (Å²) >= 11 is 0. The summed E-state index contributed by atoms with van der Waals surface area (Å²) in [5.41, 5.74) is 5.68. The normalized spacial score (nSPS) is 17.6. The average Bonchev–Trinajstić information content (AvgIpc) is 3.00. The fourth-order valence-electron chi connectivity index (χ4n) is 3.97. The third-order valence-electron chi connectivity index (χ3n) is 6.12. The Morgan fingerprint density at radius 3 is 2.32 bits per heavy atom. The molecule has 0 unspecified atom stereocenters. The van der Waals surface area contributed by atoms with Crippen LogP contribution in [0.15, 0.2) is 48.2 Å². The van der Waals surface area contributed by atoms with Crippen molar-refractivity contribution in [2.75, 3.05) is 44.7 Å². The number of hydrogen-bond donors (Lipinski definition) is 1. The van der Waals surface area contributed by atoms with Gasteiger partial charge in [0.25, 0.3) is 11.8 Å². The minimum atomic E-state index is -0.269. The lowest BCUT2D eigenvalue weighted by molar-refractivity contribution is -0.137. The highest BCUT2D eigenvalue weighted by Crippen LogP contribution is 2.32. The molecule has 0 aromatic heterocycles. The van der Waals surface area contributed by atoms with E-state index < -0.39 is 0 Å². The van der Waals surface area contributed by atoms with Crippen molar-refractivity contribution < 1.29 is 14.3 Å². The van der Waals surface area contributed by atoms with E-state index in [0.29, 0.717) is 37.6 Å². The molecule has 0 aliphatic carbocycles. The van der Waals surface area contributed by atoms with Crippen molar-refractivity contribution in [2.45, 2.75) is 20.8 Å². The predicted molar refractivity (Wildman–Crippen MR) is 122 cm³/mol. The van der Waals surface area contributed by atoms with Crippen LogP contribution in [0.4, 0.5) is 5.69 Å². The van der Waals surface area contributed by atoms with Crippen molar-refractivity contribution in [1.29, 1.82) is 0 Å². The Labute approximate surface area is 183 Å². The number of nitrogens with zero attached hydrogens (tertiary/aromatic N) is 2. The second kappa shape index (κ2) is 9.04. The van der Waals surface area contributed by atoms with E-state index in [9.17, 15) is 9.59 Å². The summed E-state index contributed by atoms with van der Waals surface area (Å²) in [5, 5.41) is 3.30. The highest BCUT2D eigenvalue weighted by atomic mass is 16.5. The molecule has 0 saturated carbocycles. The highest BCUT2D eigenvalue weighted by molar-refractivity contribution is 6.36. The van der Waals surface area contributed by atoms with E-state index in [4.69, 9.17) is 4.74 Å². The van der Waals surface area contributed by atoms with Crippen LogP contribution >= 0.6 is 0 Å². The lowest BCUT2D eigenvalue weighted by Gasteiger charge is -2.28. The first kappa shape index (κ1) is 21.3. The maximum atomic E-state index is 13.4. The predicted octanol–water partition coefficient (Wildman–Crippen LogP) is 3.14. The number of carbonyl (C=O) groups excluding carboxylic acids is 2. The van der Waals surface area contributed by atoms with Crippen LogP contribution in [0.25, 0.3) is 5.57 Å². The second-order valence-corrected chi connectivity index (χ2v) is 8.20. The number of carbonyl (C=O) groups is 2. The summed E-state index contributed by atoms with van der Waals surface area (Å²) in [4.78, 5) is 30.4. The molecular formula is C25H29N3O3. The van der Waals surface area contributed by atoms with Crippen LogP contribution in [-0.2, 0) is 14.3 Å². The Hall–Kier alpha value is -2.96. The Morgan fingerprint density at radius 2 is 1.61 bits per heavy atom. The molecule has 162 valence electrons. The van der Waals surface area contributed by atoms with Crippen molar-refractivity contribution >= 4 is 23.1 Å². The van der Waals surface area contributed by atoms with Gasteiger partial charge in [-0.15, -0.1) is 0 Å². The Kier molecular flexibility index (Phi) is 6.20. The third-order valence-corrected chi connectivity index (χ3v) is 6.12. The lowest BCUT2D eigenvalue weighted by atomic mass is 10.0. The molecule has 6 nitrogen and oxygen atoms in total. The van der Waals surface area contributed by atoms with E-state index >= 15 is 0 Å². The van der Waals surface area contributed by atoms with Gasteiger partial charge in [0, 0.05) is 31.9 Å². The van der Waals surface area contributed by atoms with Gasteiger partial charge in [0.15, 0.2) is 0 Å². The zero-order chi connectivity index (χ0) is 22.0. The van der Waals surface area contributed by atoms with Gasteiger partial charge in [-0.3, -0.25) is 19.4 Å². The van der Waals surface area contributed by atoms with Crippen LogP contribution in [0.3, 0.4) is 0 Å². The van der Waals surface area contributed by atoms with Gasteiger partial charge >= 0.3 is 0 Å². The molecule has 2 aliphatic heterocycles. The molecule has 0 bridgehead atoms. The van der Waals surface area contributed by atoms with Gasteiger partial charge in [-0.25, -0.2) is 0 Å². The van der Waals surface area contributed by atoms with Crippen LogP contribution in [-0.4, -0.2) is 61.0 Å². The van der Waals surface area contributed by atoms with Gasteiger partial charge in [0.2, 0.25) is 0 Å². The number of imide groups is 1. The second-order valence-electron chi connectivity index (χ2n) is 8.20. The zero-order valence-corrected chi connectivity index (χ0v) is 18.4. The van der Waals surface area contributed by atoms with Gasteiger partial charge in [-0.05, 0) is 43.5 Å². The molecular weight excluding hydrogens is 390 g/mol. The Balaban J connectivity index is 1.65. The molecule has 4 rings (SSSR count). The van der Waals surface area contributed by atoms with Gasteiger partial charge in [0.05, 0.1) is 18.8 Å². The number of hydrogen-bond acceptors (Lipinski definition) is 5. The first-order valence-corrected chi connectivity index (χ1v) is 10.8. The topological polar surface area (TPSA) is 61.9 Å². The maximum absolute atomic E-state index is 13.4. The first-order chi connectivity index (χ1) is 15.0. The molecule has 2 heterocycles. The lowest BCUT2D eigenvalue weighted by Crippen LogP contribution is -2.43.